The van der Waals surface area contributed by atoms with Gasteiger partial charge in [-0.3, -0.25) is 9.59 Å². The molecule has 2 aliphatic heterocycles. The molecule has 3 aromatic rings. The second-order valence-electron chi connectivity index (χ2n) is 8.12. The van der Waals surface area contributed by atoms with Gasteiger partial charge in [0.25, 0.3) is 5.91 Å². The van der Waals surface area contributed by atoms with E-state index in [9.17, 15) is 9.59 Å². The summed E-state index contributed by atoms with van der Waals surface area (Å²) >= 11 is 1.48. The van der Waals surface area contributed by atoms with Gasteiger partial charge in [-0.25, -0.2) is 0 Å². The second kappa shape index (κ2) is 8.76. The molecule has 1 atom stereocenters. The van der Waals surface area contributed by atoms with Gasteiger partial charge in [-0.15, -0.1) is 11.3 Å². The summed E-state index contributed by atoms with van der Waals surface area (Å²) in [4.78, 5) is 30.5. The van der Waals surface area contributed by atoms with Crippen molar-refractivity contribution in [2.45, 2.75) is 19.0 Å². The lowest BCUT2D eigenvalue weighted by atomic mass is 9.93. The van der Waals surface area contributed by atoms with Gasteiger partial charge in [0.1, 0.15) is 6.04 Å². The molecule has 0 bridgehead atoms. The Bertz CT molecular complexity index is 1140. The molecule has 3 heterocycles. The molecule has 0 saturated carbocycles. The molecule has 2 amide bonds. The highest BCUT2D eigenvalue weighted by Gasteiger charge is 2.35. The fourth-order valence-corrected chi connectivity index (χ4v) is 5.63. The summed E-state index contributed by atoms with van der Waals surface area (Å²) in [6.45, 7) is 3.29. The van der Waals surface area contributed by atoms with Gasteiger partial charge in [0.2, 0.25) is 5.91 Å². The molecule has 0 aliphatic carbocycles. The summed E-state index contributed by atoms with van der Waals surface area (Å²) in [7, 11) is 0. The van der Waals surface area contributed by atoms with Crippen molar-refractivity contribution in [1.82, 2.24) is 4.90 Å². The van der Waals surface area contributed by atoms with E-state index >= 15 is 0 Å². The molecule has 32 heavy (non-hydrogen) atoms. The van der Waals surface area contributed by atoms with E-state index in [-0.39, 0.29) is 5.91 Å². The van der Waals surface area contributed by atoms with Gasteiger partial charge in [0, 0.05) is 31.6 Å². The Labute approximate surface area is 191 Å². The summed E-state index contributed by atoms with van der Waals surface area (Å²) in [5, 5.41) is 1.07. The molecule has 1 saturated heterocycles. The number of thiophene rings is 1. The zero-order valence-electron chi connectivity index (χ0n) is 17.7. The van der Waals surface area contributed by atoms with Crippen LogP contribution in [-0.4, -0.2) is 49.1 Å². The smallest absolute Gasteiger partial charge is 0.265 e. The molecule has 5 rings (SSSR count). The average molecular weight is 448 g/mol. The van der Waals surface area contributed by atoms with Gasteiger partial charge in [0.05, 0.1) is 23.1 Å². The third kappa shape index (κ3) is 3.89. The number of morpholine rings is 1. The monoisotopic (exact) mass is 447 g/mol. The van der Waals surface area contributed by atoms with E-state index in [1.807, 2.05) is 48.5 Å². The van der Waals surface area contributed by atoms with E-state index in [0.717, 1.165) is 40.3 Å². The second-order valence-corrected chi connectivity index (χ2v) is 9.15. The molecule has 2 aromatic carbocycles. The van der Waals surface area contributed by atoms with Crippen LogP contribution in [0.1, 0.15) is 20.8 Å². The number of rotatable bonds is 4. The van der Waals surface area contributed by atoms with E-state index < -0.39 is 11.9 Å². The Hall–Kier alpha value is -3.16. The number of fused-ring (bicyclic) bond motifs is 1. The molecule has 7 heteroatoms. The van der Waals surface area contributed by atoms with Crippen LogP contribution in [0.2, 0.25) is 0 Å². The van der Waals surface area contributed by atoms with E-state index in [1.54, 1.807) is 4.90 Å². The van der Waals surface area contributed by atoms with Crippen LogP contribution in [0.5, 0.6) is 0 Å². The number of nitrogens with zero attached hydrogens (tertiary/aromatic N) is 2. The van der Waals surface area contributed by atoms with Gasteiger partial charge < -0.3 is 20.3 Å². The Balaban J connectivity index is 1.53. The van der Waals surface area contributed by atoms with Gasteiger partial charge in [-0.2, -0.15) is 0 Å². The highest BCUT2D eigenvalue weighted by Crippen LogP contribution is 2.40. The lowest BCUT2D eigenvalue weighted by Gasteiger charge is -2.34. The highest BCUT2D eigenvalue weighted by atomic mass is 32.1. The minimum Gasteiger partial charge on any atom is -0.378 e. The molecule has 0 spiro atoms. The number of hydrogen-bond donors (Lipinski definition) is 1. The molecule has 2 aliphatic rings. The van der Waals surface area contributed by atoms with E-state index in [0.29, 0.717) is 31.1 Å². The first kappa shape index (κ1) is 20.7. The zero-order valence-corrected chi connectivity index (χ0v) is 18.5. The molecule has 164 valence electrons. The van der Waals surface area contributed by atoms with Crippen LogP contribution in [0.4, 0.5) is 5.00 Å². The van der Waals surface area contributed by atoms with Crippen molar-refractivity contribution in [2.75, 3.05) is 31.2 Å². The number of anilines is 1. The molecular formula is C25H25N3O3S. The largest absolute Gasteiger partial charge is 0.378 e. The first-order valence-electron chi connectivity index (χ1n) is 10.8. The summed E-state index contributed by atoms with van der Waals surface area (Å²) in [6, 6.07) is 19.3. The lowest BCUT2D eigenvalue weighted by Crippen LogP contribution is -2.51. The van der Waals surface area contributed by atoms with Crippen LogP contribution in [0.15, 0.2) is 60.7 Å². The molecule has 1 aromatic heterocycles. The molecule has 2 N–H and O–H groups in total. The van der Waals surface area contributed by atoms with Crippen LogP contribution in [0, 0.1) is 0 Å². The number of amides is 2. The van der Waals surface area contributed by atoms with Crippen molar-refractivity contribution in [3.8, 4) is 11.1 Å². The summed E-state index contributed by atoms with van der Waals surface area (Å²) in [5.74, 6) is -0.619. The maximum Gasteiger partial charge on any atom is 0.265 e. The molecule has 6 nitrogen and oxygen atoms in total. The average Bonchev–Trinajstić information content (AvgIpc) is 3.29. The van der Waals surface area contributed by atoms with Crippen molar-refractivity contribution in [2.24, 2.45) is 5.73 Å². The van der Waals surface area contributed by atoms with Crippen LogP contribution in [-0.2, 0) is 22.5 Å². The number of primary amides is 1. The van der Waals surface area contributed by atoms with Gasteiger partial charge in [0.15, 0.2) is 0 Å². The predicted molar refractivity (Wildman–Crippen MR) is 126 cm³/mol. The minimum absolute atomic E-state index is 0.148. The Morgan fingerprint density at radius 3 is 2.38 bits per heavy atom. The van der Waals surface area contributed by atoms with Gasteiger partial charge in [-0.1, -0.05) is 54.6 Å². The summed E-state index contributed by atoms with van der Waals surface area (Å²) < 4.78 is 5.53. The van der Waals surface area contributed by atoms with E-state index in [2.05, 4.69) is 17.0 Å². The Kier molecular flexibility index (Phi) is 5.68. The molecule has 0 unspecified atom stereocenters. The SMILES string of the molecule is NC(=O)[C@H]1Cc2ccccc2CN1C(=O)c1cc(-c2ccccc2)c(N2CCOCC2)s1. The van der Waals surface area contributed by atoms with Gasteiger partial charge in [-0.05, 0) is 22.8 Å². The predicted octanol–water partition coefficient (Wildman–Crippen LogP) is 3.30. The third-order valence-corrected chi connectivity index (χ3v) is 7.33. The van der Waals surface area contributed by atoms with Crippen LogP contribution >= 0.6 is 11.3 Å². The Morgan fingerprint density at radius 2 is 1.66 bits per heavy atom. The van der Waals surface area contributed by atoms with Gasteiger partial charge >= 0.3 is 0 Å². The number of ether oxygens (including phenoxy) is 1. The Morgan fingerprint density at radius 1 is 0.969 bits per heavy atom. The number of carbonyl (C=O) groups excluding carboxylic acids is 2. The van der Waals surface area contributed by atoms with E-state index in [4.69, 9.17) is 10.5 Å². The maximum atomic E-state index is 13.7. The first-order chi connectivity index (χ1) is 15.6. The highest BCUT2D eigenvalue weighted by molar-refractivity contribution is 7.18. The maximum absolute atomic E-state index is 13.7. The van der Waals surface area contributed by atoms with Crippen LogP contribution < -0.4 is 10.6 Å². The van der Waals surface area contributed by atoms with Crippen molar-refractivity contribution in [3.05, 3.63) is 76.7 Å². The lowest BCUT2D eigenvalue weighted by molar-refractivity contribution is -0.122. The number of carbonyl (C=O) groups is 2. The standard InChI is InChI=1S/C25H25N3O3S/c26-23(29)21-14-18-8-4-5-9-19(18)16-28(21)24(30)22-15-20(17-6-2-1-3-7-17)25(32-22)27-10-12-31-13-11-27/h1-9,15,21H,10-14,16H2,(H2,26,29)/t21-/m1/s1. The number of benzene rings is 2. The fraction of sp³-hybridized carbons (Fsp3) is 0.280. The van der Waals surface area contributed by atoms with Crippen molar-refractivity contribution in [1.29, 1.82) is 0 Å². The van der Waals surface area contributed by atoms with Crippen molar-refractivity contribution >= 4 is 28.2 Å². The molecule has 1 fully saturated rings. The number of hydrogen-bond acceptors (Lipinski definition) is 5. The van der Waals surface area contributed by atoms with E-state index in [1.165, 1.54) is 11.3 Å². The third-order valence-electron chi connectivity index (χ3n) is 6.14. The quantitative estimate of drug-likeness (QED) is 0.666. The summed E-state index contributed by atoms with van der Waals surface area (Å²) in [5.41, 5.74) is 9.96. The topological polar surface area (TPSA) is 75.9 Å². The first-order valence-corrected chi connectivity index (χ1v) is 11.6. The summed E-state index contributed by atoms with van der Waals surface area (Å²) in [6.07, 6.45) is 0.449. The zero-order chi connectivity index (χ0) is 22.1. The van der Waals surface area contributed by atoms with Crippen LogP contribution in [0.3, 0.4) is 0 Å². The number of nitrogens with two attached hydrogens (primary N) is 1. The van der Waals surface area contributed by atoms with Crippen molar-refractivity contribution in [3.63, 3.8) is 0 Å². The molecular weight excluding hydrogens is 422 g/mol. The van der Waals surface area contributed by atoms with Crippen molar-refractivity contribution < 1.29 is 14.3 Å². The fourth-order valence-electron chi connectivity index (χ4n) is 4.44. The normalized spacial score (nSPS) is 18.3. The minimum atomic E-state index is -0.647. The van der Waals surface area contributed by atoms with Crippen LogP contribution in [0.25, 0.3) is 11.1 Å². The molecule has 0 radical (unpaired) electrons.